The van der Waals surface area contributed by atoms with Gasteiger partial charge >= 0.3 is 5.97 Å². The van der Waals surface area contributed by atoms with Crippen molar-refractivity contribution in [1.29, 1.82) is 0 Å². The van der Waals surface area contributed by atoms with E-state index in [0.717, 1.165) is 11.1 Å². The number of nitrogens with zero attached hydrogens (tertiary/aromatic N) is 1. The summed E-state index contributed by atoms with van der Waals surface area (Å²) in [5.41, 5.74) is 1.98. The smallest absolute Gasteiger partial charge is 0.326 e. The van der Waals surface area contributed by atoms with Crippen LogP contribution in [0.4, 0.5) is 0 Å². The number of carbonyl (C=O) groups excluding carboxylic acids is 1. The van der Waals surface area contributed by atoms with E-state index in [2.05, 4.69) is 11.2 Å². The number of hydrogen-bond acceptors (Lipinski definition) is 3. The fourth-order valence-electron chi connectivity index (χ4n) is 2.35. The Balaban J connectivity index is 2.16. The van der Waals surface area contributed by atoms with E-state index < -0.39 is 12.0 Å². The number of carboxylic acid groups (broad SMARTS) is 1. The van der Waals surface area contributed by atoms with E-state index in [-0.39, 0.29) is 19.0 Å². The van der Waals surface area contributed by atoms with E-state index in [0.29, 0.717) is 13.0 Å². The molecule has 0 bridgehead atoms. The topological polar surface area (TPSA) is 69.6 Å². The summed E-state index contributed by atoms with van der Waals surface area (Å²) in [6, 6.07) is 6.78. The van der Waals surface area contributed by atoms with Gasteiger partial charge < -0.3 is 10.0 Å². The molecule has 0 saturated carbocycles. The van der Waals surface area contributed by atoms with Gasteiger partial charge in [-0.25, -0.2) is 4.79 Å². The van der Waals surface area contributed by atoms with E-state index in [1.807, 2.05) is 24.3 Å². The first-order chi connectivity index (χ1) is 9.63. The van der Waals surface area contributed by atoms with Gasteiger partial charge in [0.05, 0.1) is 13.1 Å². The number of aliphatic carboxylic acids is 1. The van der Waals surface area contributed by atoms with Crippen molar-refractivity contribution in [3.05, 3.63) is 35.4 Å². The second kappa shape index (κ2) is 6.22. The van der Waals surface area contributed by atoms with Gasteiger partial charge in [-0.15, -0.1) is 6.42 Å². The highest BCUT2D eigenvalue weighted by Gasteiger charge is 2.33. The molecule has 0 saturated heterocycles. The Labute approximate surface area is 117 Å². The van der Waals surface area contributed by atoms with Gasteiger partial charge in [-0.3, -0.25) is 10.1 Å². The summed E-state index contributed by atoms with van der Waals surface area (Å²) in [7, 11) is 0. The van der Waals surface area contributed by atoms with Crippen molar-refractivity contribution in [2.45, 2.75) is 19.0 Å². The van der Waals surface area contributed by atoms with Gasteiger partial charge in [0.15, 0.2) is 0 Å². The highest BCUT2D eigenvalue weighted by molar-refractivity contribution is 5.85. The zero-order chi connectivity index (χ0) is 14.5. The first kappa shape index (κ1) is 14.1. The zero-order valence-electron chi connectivity index (χ0n) is 11.0. The molecule has 1 aromatic carbocycles. The van der Waals surface area contributed by atoms with Crippen LogP contribution >= 0.6 is 0 Å². The molecule has 104 valence electrons. The summed E-state index contributed by atoms with van der Waals surface area (Å²) in [5.74, 6) is 1.15. The summed E-state index contributed by atoms with van der Waals surface area (Å²) in [6.45, 7) is 0.660. The Morgan fingerprint density at radius 1 is 1.40 bits per heavy atom. The second-order valence-corrected chi connectivity index (χ2v) is 4.66. The fourth-order valence-corrected chi connectivity index (χ4v) is 2.35. The Bertz CT molecular complexity index is 562. The van der Waals surface area contributed by atoms with Crippen LogP contribution in [0.3, 0.4) is 0 Å². The molecule has 0 aliphatic carbocycles. The van der Waals surface area contributed by atoms with Gasteiger partial charge in [-0.1, -0.05) is 30.2 Å². The molecule has 1 heterocycles. The Hall–Kier alpha value is -2.32. The van der Waals surface area contributed by atoms with Crippen LogP contribution in [-0.2, 0) is 22.6 Å². The Kier molecular flexibility index (Phi) is 4.38. The summed E-state index contributed by atoms with van der Waals surface area (Å²) in [4.78, 5) is 24.9. The lowest BCUT2D eigenvalue weighted by Crippen LogP contribution is -2.51. The van der Waals surface area contributed by atoms with Gasteiger partial charge in [0.2, 0.25) is 5.91 Å². The molecule has 2 N–H and O–H groups in total. The average Bonchev–Trinajstić information content (AvgIpc) is 2.46. The molecule has 1 aliphatic rings. The van der Waals surface area contributed by atoms with Crippen molar-refractivity contribution in [3.63, 3.8) is 0 Å². The van der Waals surface area contributed by atoms with Crippen LogP contribution in [0, 0.1) is 12.3 Å². The second-order valence-electron chi connectivity index (χ2n) is 4.66. The number of fused-ring (bicyclic) bond motifs is 1. The van der Waals surface area contributed by atoms with Crippen LogP contribution in [0.5, 0.6) is 0 Å². The van der Waals surface area contributed by atoms with E-state index in [9.17, 15) is 14.7 Å². The molecular formula is C15H16N2O3. The molecule has 0 aromatic heterocycles. The molecular weight excluding hydrogens is 256 g/mol. The normalized spacial score (nSPS) is 17.1. The Morgan fingerprint density at radius 2 is 2.10 bits per heavy atom. The predicted octanol–water partition coefficient (Wildman–Crippen LogP) is 0.247. The summed E-state index contributed by atoms with van der Waals surface area (Å²) in [6.07, 6.45) is 5.44. The van der Waals surface area contributed by atoms with Crippen LogP contribution in [0.2, 0.25) is 0 Å². The van der Waals surface area contributed by atoms with E-state index in [4.69, 9.17) is 6.42 Å². The maximum absolute atomic E-state index is 12.1. The summed E-state index contributed by atoms with van der Waals surface area (Å²) in [5, 5.41) is 12.1. The van der Waals surface area contributed by atoms with Crippen LogP contribution < -0.4 is 5.32 Å². The third-order valence-corrected chi connectivity index (χ3v) is 3.36. The molecule has 2 rings (SSSR count). The lowest BCUT2D eigenvalue weighted by Gasteiger charge is -2.34. The molecule has 1 aromatic rings. The van der Waals surface area contributed by atoms with Crippen molar-refractivity contribution >= 4 is 11.9 Å². The number of carboxylic acids is 1. The van der Waals surface area contributed by atoms with Crippen molar-refractivity contribution in [2.75, 3.05) is 13.1 Å². The quantitative estimate of drug-likeness (QED) is 0.609. The molecule has 0 radical (unpaired) electrons. The first-order valence-electron chi connectivity index (χ1n) is 6.36. The van der Waals surface area contributed by atoms with E-state index in [1.54, 1.807) is 0 Å². The molecule has 0 fully saturated rings. The van der Waals surface area contributed by atoms with Crippen molar-refractivity contribution in [1.82, 2.24) is 10.2 Å². The van der Waals surface area contributed by atoms with Crippen molar-refractivity contribution in [2.24, 2.45) is 0 Å². The van der Waals surface area contributed by atoms with Crippen LogP contribution in [0.1, 0.15) is 11.1 Å². The third-order valence-electron chi connectivity index (χ3n) is 3.36. The third kappa shape index (κ3) is 2.98. The zero-order valence-corrected chi connectivity index (χ0v) is 11.0. The monoisotopic (exact) mass is 272 g/mol. The largest absolute Gasteiger partial charge is 0.480 e. The predicted molar refractivity (Wildman–Crippen MR) is 73.8 cm³/mol. The number of nitrogens with one attached hydrogen (secondary N) is 1. The van der Waals surface area contributed by atoms with Crippen LogP contribution in [0.15, 0.2) is 24.3 Å². The lowest BCUT2D eigenvalue weighted by molar-refractivity contribution is -0.151. The molecule has 1 aliphatic heterocycles. The maximum atomic E-state index is 12.1. The molecule has 0 unspecified atom stereocenters. The van der Waals surface area contributed by atoms with Gasteiger partial charge in [-0.2, -0.15) is 0 Å². The Morgan fingerprint density at radius 3 is 2.75 bits per heavy atom. The minimum Gasteiger partial charge on any atom is -0.480 e. The molecule has 5 heteroatoms. The van der Waals surface area contributed by atoms with E-state index >= 15 is 0 Å². The maximum Gasteiger partial charge on any atom is 0.326 e. The first-order valence-corrected chi connectivity index (χ1v) is 6.36. The fraction of sp³-hybridized carbons (Fsp3) is 0.333. The van der Waals surface area contributed by atoms with Crippen LogP contribution in [-0.4, -0.2) is 41.0 Å². The molecule has 5 nitrogen and oxygen atoms in total. The molecule has 0 spiro atoms. The summed E-state index contributed by atoms with van der Waals surface area (Å²) < 4.78 is 0. The minimum absolute atomic E-state index is 0.0517. The number of benzene rings is 1. The number of carbonyl (C=O) groups is 2. The van der Waals surface area contributed by atoms with Gasteiger partial charge in [0.25, 0.3) is 0 Å². The van der Waals surface area contributed by atoms with Gasteiger partial charge in [-0.05, 0) is 11.1 Å². The van der Waals surface area contributed by atoms with Gasteiger partial charge in [0, 0.05) is 13.0 Å². The highest BCUT2D eigenvalue weighted by Crippen LogP contribution is 2.23. The van der Waals surface area contributed by atoms with Gasteiger partial charge in [0.1, 0.15) is 6.04 Å². The average molecular weight is 272 g/mol. The number of amides is 1. The highest BCUT2D eigenvalue weighted by atomic mass is 16.4. The number of terminal acetylenes is 1. The minimum atomic E-state index is -0.982. The standard InChI is InChI=1S/C15H16N2O3/c1-2-7-16-9-14(18)17-10-12-6-4-3-5-11(12)8-13(17)15(19)20/h1,3-6,13,16H,7-10H2,(H,19,20)/t13-/m1/s1. The number of hydrogen-bond donors (Lipinski definition) is 2. The summed E-state index contributed by atoms with van der Waals surface area (Å²) >= 11 is 0. The van der Waals surface area contributed by atoms with E-state index in [1.165, 1.54) is 4.90 Å². The van der Waals surface area contributed by atoms with Crippen molar-refractivity contribution in [3.8, 4) is 12.3 Å². The molecule has 1 amide bonds. The lowest BCUT2D eigenvalue weighted by atomic mass is 9.94. The van der Waals surface area contributed by atoms with Crippen LogP contribution in [0.25, 0.3) is 0 Å². The SMILES string of the molecule is C#CCNCC(=O)N1Cc2ccccc2C[C@@H]1C(=O)O. The number of rotatable bonds is 4. The molecule has 20 heavy (non-hydrogen) atoms. The van der Waals surface area contributed by atoms with Crippen molar-refractivity contribution < 1.29 is 14.7 Å². The molecule has 1 atom stereocenters.